The van der Waals surface area contributed by atoms with E-state index in [0.717, 1.165) is 32.0 Å². The molecule has 3 aromatic rings. The minimum Gasteiger partial charge on any atom is -0.383 e. The van der Waals surface area contributed by atoms with E-state index >= 15 is 0 Å². The van der Waals surface area contributed by atoms with Gasteiger partial charge >= 0.3 is 0 Å². The van der Waals surface area contributed by atoms with Crippen molar-refractivity contribution in [3.63, 3.8) is 0 Å². The molecule has 1 aliphatic heterocycles. The highest BCUT2D eigenvalue weighted by atomic mass is 35.5. The largest absolute Gasteiger partial charge is 0.383 e. The number of nitrogen functional groups attached to an aromatic ring is 1. The summed E-state index contributed by atoms with van der Waals surface area (Å²) < 4.78 is 0.731. The van der Waals surface area contributed by atoms with Crippen molar-refractivity contribution >= 4 is 51.9 Å². The molecule has 2 N–H and O–H groups in total. The first-order chi connectivity index (χ1) is 14.5. The standard InChI is InChI=1S/C21H22ClN5O2S/c22-19-5-2-16(30-19)3-6-20(29)27-8-7-26(15(11-27)12-28)10-14-1-4-17-18(9-14)24-13-25-21(17)23/h1-2,4-5,9,12-13,15H,3,6-8,10-11H2,(H2,23,24,25). The lowest BCUT2D eigenvalue weighted by molar-refractivity contribution is -0.135. The lowest BCUT2D eigenvalue weighted by Gasteiger charge is -2.39. The quantitative estimate of drug-likeness (QED) is 0.589. The Kier molecular flexibility index (Phi) is 6.26. The molecule has 1 atom stereocenters. The average Bonchev–Trinajstić information content (AvgIpc) is 3.17. The van der Waals surface area contributed by atoms with E-state index in [0.29, 0.717) is 44.8 Å². The molecule has 1 amide bonds. The van der Waals surface area contributed by atoms with Gasteiger partial charge in [0.05, 0.1) is 15.9 Å². The van der Waals surface area contributed by atoms with E-state index in [1.807, 2.05) is 30.3 Å². The predicted octanol–water partition coefficient (Wildman–Crippen LogP) is 2.77. The van der Waals surface area contributed by atoms with Crippen molar-refractivity contribution in [3.8, 4) is 0 Å². The summed E-state index contributed by atoms with van der Waals surface area (Å²) in [6, 6.07) is 9.33. The summed E-state index contributed by atoms with van der Waals surface area (Å²) in [7, 11) is 0. The third-order valence-electron chi connectivity index (χ3n) is 5.37. The molecule has 1 aliphatic rings. The molecule has 2 aromatic heterocycles. The van der Waals surface area contributed by atoms with Crippen LogP contribution in [-0.2, 0) is 22.6 Å². The van der Waals surface area contributed by atoms with Crippen LogP contribution in [0.3, 0.4) is 0 Å². The van der Waals surface area contributed by atoms with Gasteiger partial charge in [0.1, 0.15) is 18.4 Å². The first-order valence-corrected chi connectivity index (χ1v) is 10.9. The van der Waals surface area contributed by atoms with Crippen LogP contribution in [0.1, 0.15) is 16.9 Å². The Labute approximate surface area is 183 Å². The van der Waals surface area contributed by atoms with Gasteiger partial charge < -0.3 is 15.4 Å². The zero-order valence-electron chi connectivity index (χ0n) is 16.3. The Balaban J connectivity index is 1.37. The van der Waals surface area contributed by atoms with Crippen LogP contribution >= 0.6 is 22.9 Å². The first-order valence-electron chi connectivity index (χ1n) is 9.74. The number of rotatable bonds is 6. The second kappa shape index (κ2) is 9.07. The van der Waals surface area contributed by atoms with Gasteiger partial charge in [-0.1, -0.05) is 17.7 Å². The highest BCUT2D eigenvalue weighted by Gasteiger charge is 2.29. The van der Waals surface area contributed by atoms with Gasteiger partial charge in [0.15, 0.2) is 0 Å². The lowest BCUT2D eigenvalue weighted by Crippen LogP contribution is -2.55. The van der Waals surface area contributed by atoms with Crippen LogP contribution in [0, 0.1) is 0 Å². The smallest absolute Gasteiger partial charge is 0.223 e. The van der Waals surface area contributed by atoms with Gasteiger partial charge in [-0.05, 0) is 36.2 Å². The number of aryl methyl sites for hydroxylation is 1. The monoisotopic (exact) mass is 443 g/mol. The van der Waals surface area contributed by atoms with E-state index in [2.05, 4.69) is 14.9 Å². The maximum atomic E-state index is 12.6. The Hall–Kier alpha value is -2.55. The molecule has 1 fully saturated rings. The normalized spacial score (nSPS) is 17.4. The molecule has 0 aliphatic carbocycles. The van der Waals surface area contributed by atoms with Gasteiger partial charge in [-0.2, -0.15) is 0 Å². The van der Waals surface area contributed by atoms with Gasteiger partial charge in [-0.15, -0.1) is 11.3 Å². The Morgan fingerprint density at radius 1 is 1.27 bits per heavy atom. The van der Waals surface area contributed by atoms with E-state index in [1.54, 1.807) is 4.90 Å². The number of amides is 1. The van der Waals surface area contributed by atoms with E-state index < -0.39 is 0 Å². The van der Waals surface area contributed by atoms with Crippen molar-refractivity contribution in [2.45, 2.75) is 25.4 Å². The number of aldehydes is 1. The number of nitrogens with zero attached hydrogens (tertiary/aromatic N) is 4. The number of thiophene rings is 1. The lowest BCUT2D eigenvalue weighted by atomic mass is 10.1. The number of hydrogen-bond acceptors (Lipinski definition) is 7. The fourth-order valence-corrected chi connectivity index (χ4v) is 4.82. The molecule has 30 heavy (non-hydrogen) atoms. The molecular weight excluding hydrogens is 422 g/mol. The van der Waals surface area contributed by atoms with Crippen molar-refractivity contribution in [2.24, 2.45) is 0 Å². The minimum atomic E-state index is -0.329. The second-order valence-corrected chi connectivity index (χ2v) is 9.13. The molecular formula is C21H22ClN5O2S. The van der Waals surface area contributed by atoms with Crippen LogP contribution < -0.4 is 5.73 Å². The molecule has 3 heterocycles. The topological polar surface area (TPSA) is 92.4 Å². The summed E-state index contributed by atoms with van der Waals surface area (Å²) >= 11 is 7.45. The van der Waals surface area contributed by atoms with Crippen molar-refractivity contribution in [1.82, 2.24) is 19.8 Å². The van der Waals surface area contributed by atoms with Crippen LogP contribution in [0.4, 0.5) is 5.82 Å². The fraction of sp³-hybridized carbons (Fsp3) is 0.333. The number of benzene rings is 1. The molecule has 9 heteroatoms. The molecule has 0 saturated carbocycles. The van der Waals surface area contributed by atoms with Gasteiger partial charge in [0.25, 0.3) is 0 Å². The zero-order chi connectivity index (χ0) is 21.1. The van der Waals surface area contributed by atoms with Crippen molar-refractivity contribution in [1.29, 1.82) is 0 Å². The van der Waals surface area contributed by atoms with Crippen LogP contribution in [0.5, 0.6) is 0 Å². The SMILES string of the molecule is Nc1ncnc2cc(CN3CCN(C(=O)CCc4ccc(Cl)s4)CC3C=O)ccc12. The average molecular weight is 444 g/mol. The molecule has 1 unspecified atom stereocenters. The summed E-state index contributed by atoms with van der Waals surface area (Å²) in [5.74, 6) is 0.526. The summed E-state index contributed by atoms with van der Waals surface area (Å²) in [4.78, 5) is 37.6. The molecule has 0 spiro atoms. The second-order valence-electron chi connectivity index (χ2n) is 7.33. The number of nitrogens with two attached hydrogens (primary N) is 1. The highest BCUT2D eigenvalue weighted by molar-refractivity contribution is 7.16. The molecule has 4 rings (SSSR count). The fourth-order valence-electron chi connectivity index (χ4n) is 3.73. The summed E-state index contributed by atoms with van der Waals surface area (Å²) in [5.41, 5.74) is 7.72. The first kappa shape index (κ1) is 20.7. The molecule has 0 bridgehead atoms. The number of carbonyl (C=O) groups excluding carboxylic acids is 2. The summed E-state index contributed by atoms with van der Waals surface area (Å²) in [6.07, 6.45) is 3.47. The number of fused-ring (bicyclic) bond motifs is 1. The predicted molar refractivity (Wildman–Crippen MR) is 118 cm³/mol. The van der Waals surface area contributed by atoms with Crippen LogP contribution in [-0.4, -0.2) is 57.6 Å². The summed E-state index contributed by atoms with van der Waals surface area (Å²) in [5, 5.41) is 0.815. The Morgan fingerprint density at radius 3 is 2.90 bits per heavy atom. The van der Waals surface area contributed by atoms with E-state index in [1.165, 1.54) is 17.7 Å². The van der Waals surface area contributed by atoms with Gasteiger partial charge in [0.2, 0.25) is 5.91 Å². The van der Waals surface area contributed by atoms with Gasteiger partial charge in [-0.3, -0.25) is 9.69 Å². The maximum absolute atomic E-state index is 12.6. The van der Waals surface area contributed by atoms with Crippen LogP contribution in [0.2, 0.25) is 4.34 Å². The van der Waals surface area contributed by atoms with Crippen molar-refractivity contribution < 1.29 is 9.59 Å². The number of anilines is 1. The van der Waals surface area contributed by atoms with E-state index in [-0.39, 0.29) is 11.9 Å². The van der Waals surface area contributed by atoms with Gasteiger partial charge in [0, 0.05) is 42.9 Å². The highest BCUT2D eigenvalue weighted by Crippen LogP contribution is 2.23. The maximum Gasteiger partial charge on any atom is 0.223 e. The zero-order valence-corrected chi connectivity index (χ0v) is 17.9. The minimum absolute atomic E-state index is 0.0731. The molecule has 7 nitrogen and oxygen atoms in total. The molecule has 156 valence electrons. The number of aromatic nitrogens is 2. The molecule has 1 saturated heterocycles. The van der Waals surface area contributed by atoms with Crippen molar-refractivity contribution in [2.75, 3.05) is 25.4 Å². The third kappa shape index (κ3) is 4.61. The molecule has 0 radical (unpaired) electrons. The number of carbonyl (C=O) groups is 2. The number of halogens is 1. The Bertz CT molecular complexity index is 1070. The van der Waals surface area contributed by atoms with E-state index in [4.69, 9.17) is 17.3 Å². The van der Waals surface area contributed by atoms with Crippen LogP contribution in [0.25, 0.3) is 10.9 Å². The summed E-state index contributed by atoms with van der Waals surface area (Å²) in [6.45, 7) is 2.27. The van der Waals surface area contributed by atoms with Crippen LogP contribution in [0.15, 0.2) is 36.7 Å². The Morgan fingerprint density at radius 2 is 2.13 bits per heavy atom. The third-order valence-corrected chi connectivity index (χ3v) is 6.67. The van der Waals surface area contributed by atoms with E-state index in [9.17, 15) is 9.59 Å². The molecule has 1 aromatic carbocycles. The van der Waals surface area contributed by atoms with Crippen molar-refractivity contribution in [3.05, 3.63) is 51.4 Å². The van der Waals surface area contributed by atoms with Gasteiger partial charge in [-0.25, -0.2) is 9.97 Å². The number of hydrogen-bond donors (Lipinski definition) is 1. The number of piperazine rings is 1.